The van der Waals surface area contributed by atoms with Gasteiger partial charge in [0.1, 0.15) is 16.9 Å². The molecule has 3 aromatic heterocycles. The lowest BCUT2D eigenvalue weighted by Gasteiger charge is -2.12. The molecule has 1 N–H and O–H groups in total. The van der Waals surface area contributed by atoms with E-state index in [2.05, 4.69) is 15.1 Å². The van der Waals surface area contributed by atoms with Crippen LogP contribution in [0.3, 0.4) is 0 Å². The van der Waals surface area contributed by atoms with E-state index < -0.39 is 0 Å². The molecule has 0 aliphatic carbocycles. The Kier molecular flexibility index (Phi) is 5.90. The number of nitrogens with one attached hydrogen (secondary N) is 1. The van der Waals surface area contributed by atoms with Crippen LogP contribution in [0.15, 0.2) is 99.5 Å². The molecule has 0 atom stereocenters. The number of benzene rings is 3. The van der Waals surface area contributed by atoms with Crippen LogP contribution in [-0.4, -0.2) is 24.7 Å². The van der Waals surface area contributed by atoms with Crippen molar-refractivity contribution < 1.29 is 8.91 Å². The van der Waals surface area contributed by atoms with Crippen molar-refractivity contribution in [1.82, 2.24) is 24.7 Å². The van der Waals surface area contributed by atoms with Crippen molar-refractivity contribution >= 4 is 22.8 Å². The Balaban J connectivity index is 1.42. The molecule has 0 saturated heterocycles. The van der Waals surface area contributed by atoms with Gasteiger partial charge in [-0.25, -0.2) is 9.37 Å². The van der Waals surface area contributed by atoms with Gasteiger partial charge >= 0.3 is 0 Å². The minimum Gasteiger partial charge on any atom is -0.355 e. The molecule has 3 aromatic carbocycles. The van der Waals surface area contributed by atoms with E-state index in [1.54, 1.807) is 16.7 Å². The number of nitrogens with zero attached hydrogens (tertiary/aromatic N) is 4. The Hall–Kier alpha value is -4.50. The fourth-order valence-electron chi connectivity index (χ4n) is 4.08. The van der Waals surface area contributed by atoms with Crippen LogP contribution in [0, 0.1) is 12.7 Å². The first-order valence-corrected chi connectivity index (χ1v) is 12.5. The summed E-state index contributed by atoms with van der Waals surface area (Å²) in [7, 11) is 0. The highest BCUT2D eigenvalue weighted by atomic mass is 32.2. The number of rotatable bonds is 6. The van der Waals surface area contributed by atoms with Crippen LogP contribution >= 0.6 is 11.8 Å². The number of hydrogen-bond acceptors (Lipinski definition) is 6. The first kappa shape index (κ1) is 22.9. The van der Waals surface area contributed by atoms with Gasteiger partial charge in [-0.2, -0.15) is 4.98 Å². The maximum absolute atomic E-state index is 13.7. The summed E-state index contributed by atoms with van der Waals surface area (Å²) in [5.74, 6) is 0.536. The molecule has 0 saturated carbocycles. The van der Waals surface area contributed by atoms with Crippen LogP contribution in [0.2, 0.25) is 0 Å². The standard InChI is InChI=1S/C28H20FN5O2S/c1-17-10-12-21(13-11-17)34-27(35)25-24(22(15-30-25)18-6-3-2-4-7-18)32-28(34)37-16-23-31-26(33-36-23)19-8-5-9-20(29)14-19/h2-15,30H,16H2,1H3. The first-order chi connectivity index (χ1) is 18.1. The maximum Gasteiger partial charge on any atom is 0.283 e. The third-order valence-electron chi connectivity index (χ3n) is 5.92. The van der Waals surface area contributed by atoms with Gasteiger partial charge in [0.15, 0.2) is 5.16 Å². The maximum atomic E-state index is 13.7. The summed E-state index contributed by atoms with van der Waals surface area (Å²) < 4.78 is 20.6. The highest BCUT2D eigenvalue weighted by molar-refractivity contribution is 7.98. The molecule has 0 aliphatic heterocycles. The average Bonchev–Trinajstić information content (AvgIpc) is 3.57. The van der Waals surface area contributed by atoms with E-state index in [4.69, 9.17) is 9.51 Å². The molecule has 0 fully saturated rings. The van der Waals surface area contributed by atoms with Gasteiger partial charge in [0.25, 0.3) is 5.56 Å². The zero-order chi connectivity index (χ0) is 25.4. The molecule has 6 aromatic rings. The fraction of sp³-hybridized carbons (Fsp3) is 0.0714. The third-order valence-corrected chi connectivity index (χ3v) is 6.84. The molecule has 37 heavy (non-hydrogen) atoms. The Labute approximate surface area is 215 Å². The van der Waals surface area contributed by atoms with Gasteiger partial charge < -0.3 is 9.51 Å². The monoisotopic (exact) mass is 509 g/mol. The van der Waals surface area contributed by atoms with Crippen molar-refractivity contribution in [3.8, 4) is 28.2 Å². The van der Waals surface area contributed by atoms with Gasteiger partial charge in [-0.05, 0) is 36.8 Å². The normalized spacial score (nSPS) is 11.3. The SMILES string of the molecule is Cc1ccc(-n2c(SCc3nc(-c4cccc(F)c4)no3)nc3c(-c4ccccc4)c[nH]c3c2=O)cc1. The lowest BCUT2D eigenvalue weighted by atomic mass is 10.1. The molecule has 182 valence electrons. The highest BCUT2D eigenvalue weighted by Crippen LogP contribution is 2.30. The second-order valence-electron chi connectivity index (χ2n) is 8.47. The number of thioether (sulfide) groups is 1. The molecular weight excluding hydrogens is 489 g/mol. The quantitative estimate of drug-likeness (QED) is 0.213. The topological polar surface area (TPSA) is 89.6 Å². The Bertz CT molecular complexity index is 1770. The van der Waals surface area contributed by atoms with Crippen LogP contribution in [0.25, 0.3) is 39.2 Å². The van der Waals surface area contributed by atoms with E-state index >= 15 is 0 Å². The third kappa shape index (κ3) is 4.45. The average molecular weight is 510 g/mol. The summed E-state index contributed by atoms with van der Waals surface area (Å²) in [5, 5.41) is 4.47. The predicted octanol–water partition coefficient (Wildman–Crippen LogP) is 6.17. The lowest BCUT2D eigenvalue weighted by molar-refractivity contribution is 0.391. The van der Waals surface area contributed by atoms with E-state index in [0.717, 1.165) is 16.7 Å². The number of halogens is 1. The molecule has 9 heteroatoms. The first-order valence-electron chi connectivity index (χ1n) is 11.5. The summed E-state index contributed by atoms with van der Waals surface area (Å²) in [4.78, 5) is 26.2. The van der Waals surface area contributed by atoms with Crippen LogP contribution < -0.4 is 5.56 Å². The summed E-state index contributed by atoms with van der Waals surface area (Å²) >= 11 is 1.31. The number of H-pyrrole nitrogens is 1. The summed E-state index contributed by atoms with van der Waals surface area (Å²) in [6.45, 7) is 1.99. The van der Waals surface area contributed by atoms with E-state index in [1.165, 1.54) is 23.9 Å². The van der Waals surface area contributed by atoms with Gasteiger partial charge in [0.2, 0.25) is 11.7 Å². The lowest BCUT2D eigenvalue weighted by Crippen LogP contribution is -2.21. The van der Waals surface area contributed by atoms with E-state index in [1.807, 2.05) is 67.7 Å². The molecule has 0 bridgehead atoms. The van der Waals surface area contributed by atoms with Crippen LogP contribution in [0.4, 0.5) is 4.39 Å². The molecule has 0 spiro atoms. The largest absolute Gasteiger partial charge is 0.355 e. The van der Waals surface area contributed by atoms with Crippen LogP contribution in [-0.2, 0) is 5.75 Å². The van der Waals surface area contributed by atoms with Gasteiger partial charge in [-0.3, -0.25) is 9.36 Å². The van der Waals surface area contributed by atoms with Crippen LogP contribution in [0.5, 0.6) is 0 Å². The molecule has 0 unspecified atom stereocenters. The van der Waals surface area contributed by atoms with Gasteiger partial charge in [0, 0.05) is 17.3 Å². The molecule has 0 amide bonds. The van der Waals surface area contributed by atoms with Crippen molar-refractivity contribution in [1.29, 1.82) is 0 Å². The van der Waals surface area contributed by atoms with E-state index in [9.17, 15) is 9.18 Å². The van der Waals surface area contributed by atoms with Crippen molar-refractivity contribution in [2.24, 2.45) is 0 Å². The van der Waals surface area contributed by atoms with E-state index in [0.29, 0.717) is 39.2 Å². The number of fused-ring (bicyclic) bond motifs is 1. The molecule has 3 heterocycles. The molecule has 7 nitrogen and oxygen atoms in total. The van der Waals surface area contributed by atoms with Crippen molar-refractivity contribution in [3.63, 3.8) is 0 Å². The zero-order valence-electron chi connectivity index (χ0n) is 19.7. The van der Waals surface area contributed by atoms with Crippen LogP contribution in [0.1, 0.15) is 11.5 Å². The zero-order valence-corrected chi connectivity index (χ0v) is 20.5. The van der Waals surface area contributed by atoms with Crippen molar-refractivity contribution in [2.75, 3.05) is 0 Å². The van der Waals surface area contributed by atoms with Gasteiger partial charge in [0.05, 0.1) is 11.4 Å². The number of aromatic amines is 1. The highest BCUT2D eigenvalue weighted by Gasteiger charge is 2.19. The second-order valence-corrected chi connectivity index (χ2v) is 9.42. The van der Waals surface area contributed by atoms with Crippen molar-refractivity contribution in [3.05, 3.63) is 113 Å². The summed E-state index contributed by atoms with van der Waals surface area (Å²) in [5.41, 5.74) is 4.93. The molecule has 0 aliphatic rings. The second kappa shape index (κ2) is 9.51. The smallest absolute Gasteiger partial charge is 0.283 e. The van der Waals surface area contributed by atoms with Gasteiger partial charge in [-0.1, -0.05) is 77.1 Å². The Morgan fingerprint density at radius 2 is 1.76 bits per heavy atom. The number of aryl methyl sites for hydroxylation is 1. The summed E-state index contributed by atoms with van der Waals surface area (Å²) in [6, 6.07) is 23.5. The molecular formula is C28H20FN5O2S. The molecule has 6 rings (SSSR count). The predicted molar refractivity (Wildman–Crippen MR) is 141 cm³/mol. The van der Waals surface area contributed by atoms with Gasteiger partial charge in [-0.15, -0.1) is 0 Å². The number of aromatic nitrogens is 5. The summed E-state index contributed by atoms with van der Waals surface area (Å²) in [6.07, 6.45) is 1.81. The fourth-order valence-corrected chi connectivity index (χ4v) is 4.92. The van der Waals surface area contributed by atoms with Crippen molar-refractivity contribution in [2.45, 2.75) is 17.8 Å². The minimum atomic E-state index is -0.376. The molecule has 0 radical (unpaired) electrons. The Morgan fingerprint density at radius 1 is 0.973 bits per heavy atom. The Morgan fingerprint density at radius 3 is 2.54 bits per heavy atom. The minimum absolute atomic E-state index is 0.204. The van der Waals surface area contributed by atoms with E-state index in [-0.39, 0.29) is 17.1 Å². The number of hydrogen-bond donors (Lipinski definition) is 1.